The molecular weight excluding hydrogens is 372 g/mol. The number of likely N-dealkylation sites (N-methyl/N-ethyl adjacent to an activating group) is 2. The molecule has 0 saturated carbocycles. The monoisotopic (exact) mass is 401 g/mol. The molecule has 0 bridgehead atoms. The van der Waals surface area contributed by atoms with Crippen molar-refractivity contribution >= 4 is 23.4 Å². The van der Waals surface area contributed by atoms with Gasteiger partial charge >= 0.3 is 0 Å². The SMILES string of the molecule is CC(C)NC(=O)C[NH+](C)CC(=O)N(C)c1ccccc1C(=O)NCc1ccco1. The van der Waals surface area contributed by atoms with E-state index in [2.05, 4.69) is 10.6 Å². The van der Waals surface area contributed by atoms with Crippen LogP contribution in [-0.4, -0.2) is 50.9 Å². The predicted molar refractivity (Wildman–Crippen MR) is 110 cm³/mol. The van der Waals surface area contributed by atoms with Crippen molar-refractivity contribution in [2.24, 2.45) is 0 Å². The predicted octanol–water partition coefficient (Wildman–Crippen LogP) is 0.212. The molecule has 29 heavy (non-hydrogen) atoms. The standard InChI is InChI=1S/C21H28N4O4/c1-15(2)23-19(26)13-24(3)14-20(27)25(4)18-10-6-5-9-17(18)21(28)22-12-16-8-7-11-29-16/h5-11,15H,12-14H2,1-4H3,(H,22,28)(H,23,26)/p+1. The van der Waals surface area contributed by atoms with Crippen LogP contribution in [0.4, 0.5) is 5.69 Å². The molecule has 8 heteroatoms. The molecule has 0 saturated heterocycles. The fourth-order valence-corrected chi connectivity index (χ4v) is 2.85. The molecule has 0 aliphatic heterocycles. The summed E-state index contributed by atoms with van der Waals surface area (Å²) >= 11 is 0. The summed E-state index contributed by atoms with van der Waals surface area (Å²) in [5, 5.41) is 5.60. The van der Waals surface area contributed by atoms with Gasteiger partial charge in [0.15, 0.2) is 13.1 Å². The van der Waals surface area contributed by atoms with Gasteiger partial charge in [0.25, 0.3) is 17.7 Å². The Morgan fingerprint density at radius 3 is 2.48 bits per heavy atom. The van der Waals surface area contributed by atoms with E-state index < -0.39 is 0 Å². The Morgan fingerprint density at radius 1 is 1.10 bits per heavy atom. The Balaban J connectivity index is 2.00. The van der Waals surface area contributed by atoms with Gasteiger partial charge in [-0.2, -0.15) is 0 Å². The van der Waals surface area contributed by atoms with E-state index in [4.69, 9.17) is 4.42 Å². The molecule has 3 N–H and O–H groups in total. The van der Waals surface area contributed by atoms with E-state index in [-0.39, 0.29) is 43.4 Å². The van der Waals surface area contributed by atoms with Crippen LogP contribution in [0.1, 0.15) is 30.0 Å². The van der Waals surface area contributed by atoms with Crippen molar-refractivity contribution in [3.05, 3.63) is 54.0 Å². The highest BCUT2D eigenvalue weighted by Crippen LogP contribution is 2.19. The van der Waals surface area contributed by atoms with Crippen LogP contribution in [0.15, 0.2) is 47.1 Å². The number of furan rings is 1. The van der Waals surface area contributed by atoms with Gasteiger partial charge in [0.1, 0.15) is 5.76 Å². The second kappa shape index (κ2) is 10.4. The second-order valence-corrected chi connectivity index (χ2v) is 7.26. The number of carbonyl (C=O) groups is 3. The van der Waals surface area contributed by atoms with E-state index in [0.29, 0.717) is 17.0 Å². The second-order valence-electron chi connectivity index (χ2n) is 7.26. The van der Waals surface area contributed by atoms with Crippen molar-refractivity contribution in [2.75, 3.05) is 32.1 Å². The first-order chi connectivity index (χ1) is 13.8. The molecule has 2 rings (SSSR count). The minimum atomic E-state index is -0.298. The zero-order valence-corrected chi connectivity index (χ0v) is 17.3. The molecule has 156 valence electrons. The Labute approximate surface area is 170 Å². The number of carbonyl (C=O) groups excluding carboxylic acids is 3. The van der Waals surface area contributed by atoms with Crippen molar-refractivity contribution in [3.8, 4) is 0 Å². The lowest BCUT2D eigenvalue weighted by atomic mass is 10.1. The van der Waals surface area contributed by atoms with Crippen molar-refractivity contribution in [2.45, 2.75) is 26.4 Å². The number of quaternary nitrogens is 1. The molecule has 0 aliphatic rings. The van der Waals surface area contributed by atoms with Crippen LogP contribution >= 0.6 is 0 Å². The number of benzene rings is 1. The van der Waals surface area contributed by atoms with Gasteiger partial charge in [0.05, 0.1) is 31.1 Å². The third kappa shape index (κ3) is 6.76. The fourth-order valence-electron chi connectivity index (χ4n) is 2.85. The van der Waals surface area contributed by atoms with Crippen molar-refractivity contribution in [1.82, 2.24) is 10.6 Å². The highest BCUT2D eigenvalue weighted by molar-refractivity contribution is 6.04. The van der Waals surface area contributed by atoms with E-state index in [0.717, 1.165) is 4.90 Å². The van der Waals surface area contributed by atoms with Crippen LogP contribution < -0.4 is 20.4 Å². The van der Waals surface area contributed by atoms with Gasteiger partial charge in [0.2, 0.25) is 0 Å². The smallest absolute Gasteiger partial charge is 0.281 e. The highest BCUT2D eigenvalue weighted by Gasteiger charge is 2.22. The van der Waals surface area contributed by atoms with E-state index in [1.807, 2.05) is 13.8 Å². The van der Waals surface area contributed by atoms with Gasteiger partial charge in [-0.15, -0.1) is 0 Å². The Bertz CT molecular complexity index is 833. The van der Waals surface area contributed by atoms with E-state index in [9.17, 15) is 14.4 Å². The average molecular weight is 401 g/mol. The molecule has 8 nitrogen and oxygen atoms in total. The van der Waals surface area contributed by atoms with E-state index in [1.54, 1.807) is 56.8 Å². The van der Waals surface area contributed by atoms with Crippen LogP contribution in [0.5, 0.6) is 0 Å². The molecule has 1 unspecified atom stereocenters. The summed E-state index contributed by atoms with van der Waals surface area (Å²) in [5.74, 6) is 0.0515. The third-order valence-electron chi connectivity index (χ3n) is 4.25. The van der Waals surface area contributed by atoms with Crippen LogP contribution in [0.3, 0.4) is 0 Å². The number of amides is 3. The number of rotatable bonds is 9. The molecule has 0 radical (unpaired) electrons. The number of hydrogen-bond donors (Lipinski definition) is 3. The first-order valence-electron chi connectivity index (χ1n) is 9.54. The topological polar surface area (TPSA) is 96.1 Å². The zero-order valence-electron chi connectivity index (χ0n) is 17.3. The molecule has 1 aromatic heterocycles. The summed E-state index contributed by atoms with van der Waals surface area (Å²) in [4.78, 5) is 39.4. The molecule has 0 aliphatic carbocycles. The lowest BCUT2D eigenvalue weighted by Gasteiger charge is -2.22. The summed E-state index contributed by atoms with van der Waals surface area (Å²) < 4.78 is 5.22. The third-order valence-corrected chi connectivity index (χ3v) is 4.25. The number of nitrogens with one attached hydrogen (secondary N) is 3. The first kappa shape index (κ1) is 22.2. The molecule has 2 aromatic rings. The maximum absolute atomic E-state index is 12.7. The summed E-state index contributed by atoms with van der Waals surface area (Å²) in [5.41, 5.74) is 0.902. The van der Waals surface area contributed by atoms with Gasteiger partial charge in [-0.05, 0) is 38.1 Å². The Kier molecular flexibility index (Phi) is 7.97. The molecule has 3 amide bonds. The molecular formula is C21H29N4O4+. The summed E-state index contributed by atoms with van der Waals surface area (Å²) in [6.45, 7) is 4.36. The van der Waals surface area contributed by atoms with Crippen molar-refractivity contribution < 1.29 is 23.7 Å². The quantitative estimate of drug-likeness (QED) is 0.560. The van der Waals surface area contributed by atoms with Crippen LogP contribution in [0.25, 0.3) is 0 Å². The molecule has 0 fully saturated rings. The van der Waals surface area contributed by atoms with Gasteiger partial charge in [0, 0.05) is 13.1 Å². The largest absolute Gasteiger partial charge is 0.467 e. The zero-order chi connectivity index (χ0) is 21.4. The van der Waals surface area contributed by atoms with Gasteiger partial charge in [-0.3, -0.25) is 14.4 Å². The Morgan fingerprint density at radius 2 is 1.83 bits per heavy atom. The highest BCUT2D eigenvalue weighted by atomic mass is 16.3. The lowest BCUT2D eigenvalue weighted by molar-refractivity contribution is -0.862. The van der Waals surface area contributed by atoms with Gasteiger partial charge < -0.3 is 24.9 Å². The van der Waals surface area contributed by atoms with Gasteiger partial charge in [-0.25, -0.2) is 0 Å². The summed E-state index contributed by atoms with van der Waals surface area (Å²) in [6.07, 6.45) is 1.54. The maximum Gasteiger partial charge on any atom is 0.281 e. The average Bonchev–Trinajstić information content (AvgIpc) is 3.18. The van der Waals surface area contributed by atoms with Gasteiger partial charge in [-0.1, -0.05) is 12.1 Å². The number of anilines is 1. The summed E-state index contributed by atoms with van der Waals surface area (Å²) in [6, 6.07) is 10.5. The van der Waals surface area contributed by atoms with Crippen LogP contribution in [0.2, 0.25) is 0 Å². The Hall–Kier alpha value is -3.13. The van der Waals surface area contributed by atoms with E-state index in [1.165, 1.54) is 4.90 Å². The number of hydrogen-bond acceptors (Lipinski definition) is 4. The molecule has 0 spiro atoms. The molecule has 1 heterocycles. The maximum atomic E-state index is 12.7. The summed E-state index contributed by atoms with van der Waals surface area (Å²) in [7, 11) is 3.41. The number of para-hydroxylation sites is 1. The first-order valence-corrected chi connectivity index (χ1v) is 9.54. The van der Waals surface area contributed by atoms with Crippen molar-refractivity contribution in [1.29, 1.82) is 0 Å². The normalized spacial score (nSPS) is 11.8. The minimum Gasteiger partial charge on any atom is -0.467 e. The number of nitrogens with zero attached hydrogens (tertiary/aromatic N) is 1. The van der Waals surface area contributed by atoms with Crippen LogP contribution in [-0.2, 0) is 16.1 Å². The van der Waals surface area contributed by atoms with Crippen molar-refractivity contribution in [3.63, 3.8) is 0 Å². The fraction of sp³-hybridized carbons (Fsp3) is 0.381. The molecule has 1 atom stereocenters. The molecule has 1 aromatic carbocycles. The van der Waals surface area contributed by atoms with E-state index >= 15 is 0 Å². The minimum absolute atomic E-state index is 0.0558. The van der Waals surface area contributed by atoms with Crippen LogP contribution in [0, 0.1) is 0 Å². The lowest BCUT2D eigenvalue weighted by Crippen LogP contribution is -3.11.